The molecular weight excluding hydrogens is 232 g/mol. The van der Waals surface area contributed by atoms with Crippen molar-refractivity contribution in [1.82, 2.24) is 10.1 Å². The minimum absolute atomic E-state index is 0.170. The number of hydrogen-bond acceptors (Lipinski definition) is 4. The number of nitrogens with zero attached hydrogens (tertiary/aromatic N) is 2. The summed E-state index contributed by atoms with van der Waals surface area (Å²) in [6.07, 6.45) is 2.20. The molecule has 2 rings (SSSR count). The molecule has 2 heterocycles. The molecule has 1 fully saturated rings. The van der Waals surface area contributed by atoms with E-state index in [1.807, 2.05) is 0 Å². The number of aromatic nitrogens is 1. The van der Waals surface area contributed by atoms with Gasteiger partial charge in [-0.15, -0.1) is 0 Å². The van der Waals surface area contributed by atoms with E-state index in [4.69, 9.17) is 4.52 Å². The minimum atomic E-state index is -0.407. The summed E-state index contributed by atoms with van der Waals surface area (Å²) in [5, 5.41) is 13.4. The first-order valence-electron chi connectivity index (χ1n) is 6.59. The van der Waals surface area contributed by atoms with Crippen molar-refractivity contribution < 1.29 is 14.4 Å². The summed E-state index contributed by atoms with van der Waals surface area (Å²) in [6, 6.07) is 1.74. The first-order valence-corrected chi connectivity index (χ1v) is 6.59. The summed E-state index contributed by atoms with van der Waals surface area (Å²) >= 11 is 0. The fourth-order valence-electron chi connectivity index (χ4n) is 2.37. The predicted octanol–water partition coefficient (Wildman–Crippen LogP) is 1.79. The maximum Gasteiger partial charge on any atom is 0.292 e. The van der Waals surface area contributed by atoms with Crippen LogP contribution in [0.1, 0.15) is 55.3 Å². The molecule has 0 radical (unpaired) electrons. The van der Waals surface area contributed by atoms with Crippen molar-refractivity contribution in [3.63, 3.8) is 0 Å². The molecule has 1 aliphatic rings. The first kappa shape index (κ1) is 13.1. The Labute approximate surface area is 107 Å². The van der Waals surface area contributed by atoms with Gasteiger partial charge in [0.25, 0.3) is 5.91 Å². The van der Waals surface area contributed by atoms with Crippen molar-refractivity contribution in [2.75, 3.05) is 13.1 Å². The maximum absolute atomic E-state index is 12.1. The Morgan fingerprint density at radius 2 is 2.33 bits per heavy atom. The van der Waals surface area contributed by atoms with E-state index < -0.39 is 6.10 Å². The highest BCUT2D eigenvalue weighted by molar-refractivity contribution is 5.91. The molecule has 0 aliphatic carbocycles. The molecule has 0 aromatic carbocycles. The van der Waals surface area contributed by atoms with Gasteiger partial charge in [-0.05, 0) is 19.3 Å². The van der Waals surface area contributed by atoms with Gasteiger partial charge in [0.05, 0.1) is 11.8 Å². The number of aliphatic hydroxyl groups is 1. The molecule has 1 aromatic heterocycles. The standard InChI is InChI=1S/C13H20N2O3/c1-3-9(4-2)11-7-12(18-14-11)13(17)15-6-5-10(16)8-15/h7,9-10,16H,3-6,8H2,1-2H3/t10-/m1/s1. The molecule has 1 saturated heterocycles. The number of likely N-dealkylation sites (tertiary alicyclic amines) is 1. The van der Waals surface area contributed by atoms with E-state index >= 15 is 0 Å². The molecule has 0 saturated carbocycles. The summed E-state index contributed by atoms with van der Waals surface area (Å²) in [5.41, 5.74) is 0.850. The predicted molar refractivity (Wildman–Crippen MR) is 66.4 cm³/mol. The maximum atomic E-state index is 12.1. The molecule has 5 nitrogen and oxygen atoms in total. The van der Waals surface area contributed by atoms with E-state index in [0.717, 1.165) is 18.5 Å². The monoisotopic (exact) mass is 252 g/mol. The lowest BCUT2D eigenvalue weighted by molar-refractivity contribution is 0.0724. The molecule has 1 atom stereocenters. The molecule has 100 valence electrons. The van der Waals surface area contributed by atoms with Crippen molar-refractivity contribution in [2.45, 2.75) is 45.1 Å². The topological polar surface area (TPSA) is 66.6 Å². The van der Waals surface area contributed by atoms with Crippen LogP contribution in [0, 0.1) is 0 Å². The molecular formula is C13H20N2O3. The lowest BCUT2D eigenvalue weighted by Crippen LogP contribution is -2.29. The van der Waals surface area contributed by atoms with Crippen LogP contribution in [0.4, 0.5) is 0 Å². The molecule has 0 bridgehead atoms. The fourth-order valence-corrected chi connectivity index (χ4v) is 2.37. The highest BCUT2D eigenvalue weighted by atomic mass is 16.5. The average Bonchev–Trinajstić information content (AvgIpc) is 2.99. The molecule has 1 aliphatic heterocycles. The minimum Gasteiger partial charge on any atom is -0.391 e. The van der Waals surface area contributed by atoms with Crippen molar-refractivity contribution in [2.24, 2.45) is 0 Å². The van der Waals surface area contributed by atoms with Crippen LogP contribution in [0.2, 0.25) is 0 Å². The molecule has 0 unspecified atom stereocenters. The van der Waals surface area contributed by atoms with Gasteiger partial charge in [-0.2, -0.15) is 0 Å². The van der Waals surface area contributed by atoms with Crippen LogP contribution in [-0.4, -0.2) is 40.3 Å². The van der Waals surface area contributed by atoms with Crippen molar-refractivity contribution in [1.29, 1.82) is 0 Å². The van der Waals surface area contributed by atoms with Gasteiger partial charge in [0.1, 0.15) is 0 Å². The highest BCUT2D eigenvalue weighted by Gasteiger charge is 2.28. The third kappa shape index (κ3) is 2.56. The highest BCUT2D eigenvalue weighted by Crippen LogP contribution is 2.23. The van der Waals surface area contributed by atoms with Gasteiger partial charge in [0.2, 0.25) is 5.76 Å². The zero-order chi connectivity index (χ0) is 13.1. The Balaban J connectivity index is 2.07. The summed E-state index contributed by atoms with van der Waals surface area (Å²) in [6.45, 7) is 5.17. The summed E-state index contributed by atoms with van der Waals surface area (Å²) < 4.78 is 5.14. The van der Waals surface area contributed by atoms with E-state index in [0.29, 0.717) is 25.4 Å². The smallest absolute Gasteiger partial charge is 0.292 e. The zero-order valence-electron chi connectivity index (χ0n) is 10.9. The zero-order valence-corrected chi connectivity index (χ0v) is 10.9. The second-order valence-corrected chi connectivity index (χ2v) is 4.82. The largest absolute Gasteiger partial charge is 0.391 e. The van der Waals surface area contributed by atoms with Crippen LogP contribution in [0.25, 0.3) is 0 Å². The van der Waals surface area contributed by atoms with Gasteiger partial charge >= 0.3 is 0 Å². The van der Waals surface area contributed by atoms with E-state index in [1.165, 1.54) is 0 Å². The number of amides is 1. The van der Waals surface area contributed by atoms with Crippen LogP contribution < -0.4 is 0 Å². The molecule has 1 N–H and O–H groups in total. The fraction of sp³-hybridized carbons (Fsp3) is 0.692. The van der Waals surface area contributed by atoms with Gasteiger partial charge in [-0.3, -0.25) is 4.79 Å². The number of carbonyl (C=O) groups is 1. The molecule has 1 aromatic rings. The van der Waals surface area contributed by atoms with E-state index in [-0.39, 0.29) is 11.7 Å². The van der Waals surface area contributed by atoms with Gasteiger partial charge < -0.3 is 14.5 Å². The quantitative estimate of drug-likeness (QED) is 0.887. The average molecular weight is 252 g/mol. The lowest BCUT2D eigenvalue weighted by Gasteiger charge is -2.12. The Bertz CT molecular complexity index is 412. The normalized spacial score (nSPS) is 19.8. The Morgan fingerprint density at radius 1 is 1.61 bits per heavy atom. The third-order valence-corrected chi connectivity index (χ3v) is 3.59. The summed E-state index contributed by atoms with van der Waals surface area (Å²) in [7, 11) is 0. The lowest BCUT2D eigenvalue weighted by atomic mass is 9.99. The summed E-state index contributed by atoms with van der Waals surface area (Å²) in [5.74, 6) is 0.460. The van der Waals surface area contributed by atoms with Crippen LogP contribution in [0.5, 0.6) is 0 Å². The van der Waals surface area contributed by atoms with Crippen LogP contribution >= 0.6 is 0 Å². The van der Waals surface area contributed by atoms with Gasteiger partial charge in [-0.25, -0.2) is 0 Å². The second kappa shape index (κ2) is 5.52. The van der Waals surface area contributed by atoms with Crippen LogP contribution in [0.3, 0.4) is 0 Å². The Kier molecular flexibility index (Phi) is 4.01. The Hall–Kier alpha value is -1.36. The van der Waals surface area contributed by atoms with Gasteiger partial charge in [0.15, 0.2) is 0 Å². The second-order valence-electron chi connectivity index (χ2n) is 4.82. The SMILES string of the molecule is CCC(CC)c1cc(C(=O)N2CC[C@@H](O)C2)on1. The van der Waals surface area contributed by atoms with Crippen LogP contribution in [0.15, 0.2) is 10.6 Å². The molecule has 18 heavy (non-hydrogen) atoms. The van der Waals surface area contributed by atoms with Gasteiger partial charge in [-0.1, -0.05) is 19.0 Å². The van der Waals surface area contributed by atoms with Gasteiger partial charge in [0, 0.05) is 25.1 Å². The first-order chi connectivity index (χ1) is 8.65. The molecule has 5 heteroatoms. The number of β-amino-alcohol motifs (C(OH)–C–C–N with tert-alkyl or cyclic N) is 1. The molecule has 0 spiro atoms. The summed E-state index contributed by atoms with van der Waals surface area (Å²) in [4.78, 5) is 13.7. The van der Waals surface area contributed by atoms with Crippen LogP contribution in [-0.2, 0) is 0 Å². The van der Waals surface area contributed by atoms with E-state index in [9.17, 15) is 9.90 Å². The van der Waals surface area contributed by atoms with Crippen molar-refractivity contribution in [3.05, 3.63) is 17.5 Å². The van der Waals surface area contributed by atoms with E-state index in [1.54, 1.807) is 11.0 Å². The van der Waals surface area contributed by atoms with Crippen molar-refractivity contribution >= 4 is 5.91 Å². The number of carbonyl (C=O) groups excluding carboxylic acids is 1. The Morgan fingerprint density at radius 3 is 2.89 bits per heavy atom. The number of hydrogen-bond donors (Lipinski definition) is 1. The van der Waals surface area contributed by atoms with E-state index in [2.05, 4.69) is 19.0 Å². The van der Waals surface area contributed by atoms with Crippen molar-refractivity contribution in [3.8, 4) is 0 Å². The number of rotatable bonds is 4. The number of aliphatic hydroxyl groups excluding tert-OH is 1. The molecule has 1 amide bonds. The third-order valence-electron chi connectivity index (χ3n) is 3.59.